The quantitative estimate of drug-likeness (QED) is 0.587. The molecule has 0 radical (unpaired) electrons. The van der Waals surface area contributed by atoms with E-state index in [0.717, 1.165) is 13.3 Å². The maximum absolute atomic E-state index is 11.5. The molecule has 3 N–H and O–H groups in total. The van der Waals surface area contributed by atoms with Crippen LogP contribution in [0.1, 0.15) is 34.1 Å². The lowest BCUT2D eigenvalue weighted by Crippen LogP contribution is -2.48. The summed E-state index contributed by atoms with van der Waals surface area (Å²) in [5.41, 5.74) is -1.96. The van der Waals surface area contributed by atoms with Gasteiger partial charge in [-0.1, -0.05) is 13.8 Å². The molecule has 1 amide bonds. The lowest BCUT2D eigenvalue weighted by atomic mass is 10.1. The van der Waals surface area contributed by atoms with Crippen LogP contribution >= 0.6 is 0 Å². The molecule has 0 fully saturated rings. The molecule has 0 aliphatic rings. The first-order valence-corrected chi connectivity index (χ1v) is 6.02. The molecule has 0 aliphatic carbocycles. The smallest absolute Gasteiger partial charge is 0.337 e. The van der Waals surface area contributed by atoms with E-state index in [1.807, 2.05) is 0 Å². The normalized spacial score (nSPS) is 16.1. The van der Waals surface area contributed by atoms with Gasteiger partial charge in [-0.05, 0) is 26.2 Å². The topological polar surface area (TPSA) is 95.9 Å². The van der Waals surface area contributed by atoms with Crippen LogP contribution in [0.15, 0.2) is 0 Å². The van der Waals surface area contributed by atoms with Gasteiger partial charge in [-0.25, -0.2) is 4.79 Å². The molecule has 6 nitrogen and oxygen atoms in total. The van der Waals surface area contributed by atoms with E-state index in [9.17, 15) is 14.7 Å². The maximum Gasteiger partial charge on any atom is 0.337 e. The van der Waals surface area contributed by atoms with Crippen LogP contribution in [0, 0.1) is 5.92 Å². The average molecular weight is 261 g/mol. The van der Waals surface area contributed by atoms with Crippen LogP contribution < -0.4 is 5.32 Å². The van der Waals surface area contributed by atoms with Gasteiger partial charge in [0.2, 0.25) is 5.91 Å². The van der Waals surface area contributed by atoms with Gasteiger partial charge < -0.3 is 20.3 Å². The highest BCUT2D eigenvalue weighted by Crippen LogP contribution is 2.03. The summed E-state index contributed by atoms with van der Waals surface area (Å²) >= 11 is 0. The highest BCUT2D eigenvalue weighted by molar-refractivity contribution is 5.82. The lowest BCUT2D eigenvalue weighted by Gasteiger charge is -2.20. The van der Waals surface area contributed by atoms with Crippen molar-refractivity contribution in [2.75, 3.05) is 13.2 Å². The number of hydrogen-bond acceptors (Lipinski definition) is 4. The van der Waals surface area contributed by atoms with Crippen molar-refractivity contribution < 1.29 is 24.5 Å². The van der Waals surface area contributed by atoms with E-state index in [2.05, 4.69) is 19.2 Å². The molecule has 0 rings (SSSR count). The molecule has 106 valence electrons. The van der Waals surface area contributed by atoms with Crippen LogP contribution in [0.25, 0.3) is 0 Å². The standard InChI is InChI=1S/C12H23NO5/c1-8(2)5-6-18-9(3)10(14)13-7-12(4,17)11(15)16/h8-9,17H,5-7H2,1-4H3,(H,13,14)(H,15,16). The fraction of sp³-hybridized carbons (Fsp3) is 0.833. The van der Waals surface area contributed by atoms with Crippen LogP contribution in [0.5, 0.6) is 0 Å². The zero-order valence-electron chi connectivity index (χ0n) is 11.4. The van der Waals surface area contributed by atoms with Crippen LogP contribution in [0.3, 0.4) is 0 Å². The van der Waals surface area contributed by atoms with Crippen molar-refractivity contribution in [2.45, 2.75) is 45.8 Å². The number of carboxylic acid groups (broad SMARTS) is 1. The summed E-state index contributed by atoms with van der Waals surface area (Å²) in [6, 6.07) is 0. The van der Waals surface area contributed by atoms with Crippen molar-refractivity contribution in [2.24, 2.45) is 5.92 Å². The summed E-state index contributed by atoms with van der Waals surface area (Å²) in [5.74, 6) is -1.32. The number of carboxylic acids is 1. The number of amides is 1. The number of carbonyl (C=O) groups is 2. The molecular weight excluding hydrogens is 238 g/mol. The van der Waals surface area contributed by atoms with Crippen molar-refractivity contribution in [3.63, 3.8) is 0 Å². The Morgan fingerprint density at radius 2 is 1.89 bits per heavy atom. The molecule has 0 heterocycles. The van der Waals surface area contributed by atoms with Gasteiger partial charge >= 0.3 is 5.97 Å². The average Bonchev–Trinajstić information content (AvgIpc) is 2.25. The summed E-state index contributed by atoms with van der Waals surface area (Å²) in [6.45, 7) is 6.95. The molecular formula is C12H23NO5. The van der Waals surface area contributed by atoms with Crippen molar-refractivity contribution in [3.05, 3.63) is 0 Å². The number of rotatable bonds is 8. The van der Waals surface area contributed by atoms with Crippen LogP contribution in [-0.2, 0) is 14.3 Å². The number of hydrogen-bond donors (Lipinski definition) is 3. The second kappa shape index (κ2) is 7.33. The fourth-order valence-electron chi connectivity index (χ4n) is 1.03. The molecule has 6 heteroatoms. The third-order valence-electron chi connectivity index (χ3n) is 2.50. The van der Waals surface area contributed by atoms with Crippen molar-refractivity contribution in [1.82, 2.24) is 5.32 Å². The van der Waals surface area contributed by atoms with Gasteiger partial charge in [-0.15, -0.1) is 0 Å². The third kappa shape index (κ3) is 6.56. The molecule has 2 unspecified atom stereocenters. The van der Waals surface area contributed by atoms with Gasteiger partial charge in [0.25, 0.3) is 0 Å². The molecule has 0 aromatic rings. The van der Waals surface area contributed by atoms with E-state index in [1.165, 1.54) is 0 Å². The van der Waals surface area contributed by atoms with Crippen molar-refractivity contribution >= 4 is 11.9 Å². The van der Waals surface area contributed by atoms with Crippen LogP contribution in [-0.4, -0.2) is 46.9 Å². The Morgan fingerprint density at radius 3 is 2.33 bits per heavy atom. The Labute approximate surface area is 107 Å². The maximum atomic E-state index is 11.5. The second-order valence-corrected chi connectivity index (χ2v) is 4.99. The minimum atomic E-state index is -1.96. The highest BCUT2D eigenvalue weighted by atomic mass is 16.5. The van der Waals surface area contributed by atoms with Gasteiger partial charge in [0.05, 0.1) is 6.54 Å². The fourth-order valence-corrected chi connectivity index (χ4v) is 1.03. The molecule has 0 aromatic carbocycles. The van der Waals surface area contributed by atoms with E-state index in [0.29, 0.717) is 12.5 Å². The molecule has 18 heavy (non-hydrogen) atoms. The first kappa shape index (κ1) is 16.9. The first-order valence-electron chi connectivity index (χ1n) is 6.02. The zero-order valence-corrected chi connectivity index (χ0v) is 11.4. The van der Waals surface area contributed by atoms with E-state index in [-0.39, 0.29) is 6.54 Å². The van der Waals surface area contributed by atoms with Crippen LogP contribution in [0.4, 0.5) is 0 Å². The Bertz CT molecular complexity index is 288. The Kier molecular flexibility index (Phi) is 6.86. The summed E-state index contributed by atoms with van der Waals surface area (Å²) < 4.78 is 5.30. The molecule has 0 bridgehead atoms. The van der Waals surface area contributed by atoms with E-state index >= 15 is 0 Å². The molecule has 0 aliphatic heterocycles. The minimum absolute atomic E-state index is 0.348. The first-order chi connectivity index (χ1) is 8.16. The molecule has 0 aromatic heterocycles. The lowest BCUT2D eigenvalue weighted by molar-refractivity contribution is -0.156. The largest absolute Gasteiger partial charge is 0.479 e. The van der Waals surface area contributed by atoms with Gasteiger partial charge in [-0.2, -0.15) is 0 Å². The molecule has 0 saturated heterocycles. The van der Waals surface area contributed by atoms with Gasteiger partial charge in [-0.3, -0.25) is 4.79 Å². The molecule has 0 spiro atoms. The molecule has 0 saturated carbocycles. The van der Waals surface area contributed by atoms with E-state index < -0.39 is 23.6 Å². The monoisotopic (exact) mass is 261 g/mol. The SMILES string of the molecule is CC(C)CCOC(C)C(=O)NCC(C)(O)C(=O)O. The number of aliphatic hydroxyl groups is 1. The van der Waals surface area contributed by atoms with Gasteiger partial charge in [0.15, 0.2) is 5.60 Å². The predicted octanol–water partition coefficient (Wildman–Crippen LogP) is 0.389. The highest BCUT2D eigenvalue weighted by Gasteiger charge is 2.30. The molecule has 2 atom stereocenters. The van der Waals surface area contributed by atoms with Gasteiger partial charge in [0, 0.05) is 6.61 Å². The van der Waals surface area contributed by atoms with Crippen molar-refractivity contribution in [1.29, 1.82) is 0 Å². The van der Waals surface area contributed by atoms with Crippen LogP contribution in [0.2, 0.25) is 0 Å². The summed E-state index contributed by atoms with van der Waals surface area (Å²) in [6.07, 6.45) is 0.193. The second-order valence-electron chi connectivity index (χ2n) is 4.99. The summed E-state index contributed by atoms with van der Waals surface area (Å²) in [7, 11) is 0. The zero-order chi connectivity index (χ0) is 14.3. The summed E-state index contributed by atoms with van der Waals surface area (Å²) in [4.78, 5) is 22.2. The summed E-state index contributed by atoms with van der Waals surface area (Å²) in [5, 5.41) is 20.4. The Morgan fingerprint density at radius 1 is 1.33 bits per heavy atom. The number of aliphatic carboxylic acids is 1. The van der Waals surface area contributed by atoms with E-state index in [4.69, 9.17) is 9.84 Å². The predicted molar refractivity (Wildman–Crippen MR) is 66.1 cm³/mol. The Balaban J connectivity index is 3.98. The Hall–Kier alpha value is -1.14. The van der Waals surface area contributed by atoms with E-state index in [1.54, 1.807) is 6.92 Å². The number of nitrogens with one attached hydrogen (secondary N) is 1. The number of carbonyl (C=O) groups excluding carboxylic acids is 1. The number of ether oxygens (including phenoxy) is 1. The van der Waals surface area contributed by atoms with Gasteiger partial charge in [0.1, 0.15) is 6.10 Å². The third-order valence-corrected chi connectivity index (χ3v) is 2.50. The van der Waals surface area contributed by atoms with Crippen molar-refractivity contribution in [3.8, 4) is 0 Å². The minimum Gasteiger partial charge on any atom is -0.479 e.